The number of H-pyrrole nitrogens is 1. The van der Waals surface area contributed by atoms with E-state index in [1.807, 2.05) is 0 Å². The lowest BCUT2D eigenvalue weighted by molar-refractivity contribution is 0.210. The Morgan fingerprint density at radius 2 is 2.31 bits per heavy atom. The summed E-state index contributed by atoms with van der Waals surface area (Å²) in [6, 6.07) is 1.37. The highest BCUT2D eigenvalue weighted by Gasteiger charge is 2.26. The van der Waals surface area contributed by atoms with E-state index in [9.17, 15) is 4.79 Å². The summed E-state index contributed by atoms with van der Waals surface area (Å²) in [6.07, 6.45) is 4.92. The predicted molar refractivity (Wildman–Crippen MR) is 60.2 cm³/mol. The first kappa shape index (κ1) is 11.1. The van der Waals surface area contributed by atoms with Gasteiger partial charge in [-0.05, 0) is 31.2 Å². The first-order valence-electron chi connectivity index (χ1n) is 5.67. The van der Waals surface area contributed by atoms with E-state index < -0.39 is 0 Å². The van der Waals surface area contributed by atoms with Crippen LogP contribution in [0.15, 0.2) is 17.2 Å². The van der Waals surface area contributed by atoms with Gasteiger partial charge >= 0.3 is 0 Å². The van der Waals surface area contributed by atoms with E-state index in [-0.39, 0.29) is 5.56 Å². The van der Waals surface area contributed by atoms with Crippen LogP contribution in [0, 0.1) is 11.8 Å². The summed E-state index contributed by atoms with van der Waals surface area (Å²) < 4.78 is 5.52. The van der Waals surface area contributed by atoms with Crippen molar-refractivity contribution in [3.8, 4) is 5.88 Å². The number of ether oxygens (including phenoxy) is 1. The molecule has 0 amide bonds. The monoisotopic (exact) mass is 223 g/mol. The third-order valence-electron chi connectivity index (χ3n) is 3.22. The summed E-state index contributed by atoms with van der Waals surface area (Å²) >= 11 is 0. The minimum Gasteiger partial charge on any atom is -0.477 e. The number of rotatable bonds is 4. The van der Waals surface area contributed by atoms with E-state index in [1.165, 1.54) is 25.2 Å². The van der Waals surface area contributed by atoms with Crippen LogP contribution in [-0.2, 0) is 0 Å². The average molecular weight is 223 g/mol. The van der Waals surface area contributed by atoms with Crippen LogP contribution < -0.4 is 16.0 Å². The standard InChI is InChI=1S/C11H17N3O2/c12-5-8-2-1-3-9(8)6-16-11-4-10(15)13-7-14-11/h4,7-9H,1-3,5-6,12H2,(H,13,14,15). The molecule has 1 heterocycles. The van der Waals surface area contributed by atoms with Gasteiger partial charge in [0.1, 0.15) is 0 Å². The van der Waals surface area contributed by atoms with E-state index >= 15 is 0 Å². The summed E-state index contributed by atoms with van der Waals surface area (Å²) in [5, 5.41) is 0. The van der Waals surface area contributed by atoms with Gasteiger partial charge in [0.15, 0.2) is 0 Å². The maximum absolute atomic E-state index is 11.0. The zero-order valence-corrected chi connectivity index (χ0v) is 9.19. The van der Waals surface area contributed by atoms with Crippen LogP contribution in [-0.4, -0.2) is 23.1 Å². The molecular formula is C11H17N3O2. The molecule has 5 heteroatoms. The molecule has 3 N–H and O–H groups in total. The maximum Gasteiger partial charge on any atom is 0.254 e. The Labute approximate surface area is 94.0 Å². The first-order valence-corrected chi connectivity index (χ1v) is 5.67. The number of aromatic nitrogens is 2. The highest BCUT2D eigenvalue weighted by molar-refractivity contribution is 5.04. The van der Waals surface area contributed by atoms with Gasteiger partial charge in [0.05, 0.1) is 19.0 Å². The highest BCUT2D eigenvalue weighted by Crippen LogP contribution is 2.30. The van der Waals surface area contributed by atoms with Crippen LogP contribution in [0.2, 0.25) is 0 Å². The van der Waals surface area contributed by atoms with Gasteiger partial charge in [-0.2, -0.15) is 0 Å². The van der Waals surface area contributed by atoms with Gasteiger partial charge in [-0.25, -0.2) is 4.98 Å². The Hall–Kier alpha value is -1.36. The minimum atomic E-state index is -0.188. The third-order valence-corrected chi connectivity index (χ3v) is 3.22. The normalized spacial score (nSPS) is 24.6. The molecule has 0 spiro atoms. The van der Waals surface area contributed by atoms with Gasteiger partial charge in [0, 0.05) is 0 Å². The van der Waals surface area contributed by atoms with Crippen LogP contribution in [0.4, 0.5) is 0 Å². The molecule has 0 aliphatic heterocycles. The zero-order valence-electron chi connectivity index (χ0n) is 9.19. The number of nitrogens with one attached hydrogen (secondary N) is 1. The Kier molecular flexibility index (Phi) is 3.56. The summed E-state index contributed by atoms with van der Waals surface area (Å²) in [5.41, 5.74) is 5.50. The fourth-order valence-corrected chi connectivity index (χ4v) is 2.27. The molecule has 0 aromatic carbocycles. The van der Waals surface area contributed by atoms with Crippen molar-refractivity contribution in [2.45, 2.75) is 19.3 Å². The van der Waals surface area contributed by atoms with Gasteiger partial charge in [-0.15, -0.1) is 0 Å². The fraction of sp³-hybridized carbons (Fsp3) is 0.636. The van der Waals surface area contributed by atoms with Crippen molar-refractivity contribution in [2.75, 3.05) is 13.2 Å². The Morgan fingerprint density at radius 1 is 1.50 bits per heavy atom. The second-order valence-corrected chi connectivity index (χ2v) is 4.25. The van der Waals surface area contributed by atoms with E-state index in [4.69, 9.17) is 10.5 Å². The molecule has 1 aliphatic carbocycles. The van der Waals surface area contributed by atoms with Crippen molar-refractivity contribution in [1.82, 2.24) is 9.97 Å². The molecule has 0 radical (unpaired) electrons. The van der Waals surface area contributed by atoms with Crippen molar-refractivity contribution in [2.24, 2.45) is 17.6 Å². The number of nitrogens with zero attached hydrogens (tertiary/aromatic N) is 1. The third kappa shape index (κ3) is 2.61. The number of aromatic amines is 1. The van der Waals surface area contributed by atoms with Crippen molar-refractivity contribution >= 4 is 0 Å². The van der Waals surface area contributed by atoms with Crippen LogP contribution in [0.1, 0.15) is 19.3 Å². The predicted octanol–water partition coefficient (Wildman–Crippen LogP) is 0.524. The second kappa shape index (κ2) is 5.12. The zero-order chi connectivity index (χ0) is 11.4. The Morgan fingerprint density at radius 3 is 3.06 bits per heavy atom. The molecule has 1 aromatic heterocycles. The van der Waals surface area contributed by atoms with Crippen LogP contribution >= 0.6 is 0 Å². The maximum atomic E-state index is 11.0. The molecule has 1 aliphatic rings. The molecule has 0 saturated heterocycles. The van der Waals surface area contributed by atoms with Crippen molar-refractivity contribution in [3.05, 3.63) is 22.7 Å². The van der Waals surface area contributed by atoms with Crippen LogP contribution in [0.5, 0.6) is 5.88 Å². The van der Waals surface area contributed by atoms with Crippen LogP contribution in [0.3, 0.4) is 0 Å². The number of nitrogens with two attached hydrogens (primary N) is 1. The van der Waals surface area contributed by atoms with Crippen molar-refractivity contribution in [3.63, 3.8) is 0 Å². The molecule has 1 aromatic rings. The van der Waals surface area contributed by atoms with Crippen molar-refractivity contribution < 1.29 is 4.74 Å². The molecule has 1 fully saturated rings. The lowest BCUT2D eigenvalue weighted by Gasteiger charge is -2.17. The summed E-state index contributed by atoms with van der Waals surface area (Å²) in [7, 11) is 0. The van der Waals surface area contributed by atoms with E-state index in [0.29, 0.717) is 24.3 Å². The van der Waals surface area contributed by atoms with Gasteiger partial charge in [0.2, 0.25) is 5.88 Å². The highest BCUT2D eigenvalue weighted by atomic mass is 16.5. The summed E-state index contributed by atoms with van der Waals surface area (Å²) in [4.78, 5) is 17.4. The number of hydrogen-bond donors (Lipinski definition) is 2. The summed E-state index contributed by atoms with van der Waals surface area (Å²) in [5.74, 6) is 1.46. The van der Waals surface area contributed by atoms with E-state index in [2.05, 4.69) is 9.97 Å². The van der Waals surface area contributed by atoms with Gasteiger partial charge in [0.25, 0.3) is 5.56 Å². The molecule has 2 atom stereocenters. The van der Waals surface area contributed by atoms with Crippen molar-refractivity contribution in [1.29, 1.82) is 0 Å². The molecule has 88 valence electrons. The smallest absolute Gasteiger partial charge is 0.254 e. The largest absolute Gasteiger partial charge is 0.477 e. The first-order chi connectivity index (χ1) is 7.79. The fourth-order valence-electron chi connectivity index (χ4n) is 2.27. The van der Waals surface area contributed by atoms with Crippen LogP contribution in [0.25, 0.3) is 0 Å². The molecular weight excluding hydrogens is 206 g/mol. The molecule has 16 heavy (non-hydrogen) atoms. The lowest BCUT2D eigenvalue weighted by atomic mass is 9.97. The molecule has 2 unspecified atom stereocenters. The second-order valence-electron chi connectivity index (χ2n) is 4.25. The molecule has 1 saturated carbocycles. The molecule has 2 rings (SSSR count). The minimum absolute atomic E-state index is 0.188. The lowest BCUT2D eigenvalue weighted by Crippen LogP contribution is -2.23. The van der Waals surface area contributed by atoms with E-state index in [1.54, 1.807) is 0 Å². The topological polar surface area (TPSA) is 81.0 Å². The summed E-state index contributed by atoms with van der Waals surface area (Å²) in [6.45, 7) is 1.33. The van der Waals surface area contributed by atoms with Gasteiger partial charge in [-0.1, -0.05) is 6.42 Å². The van der Waals surface area contributed by atoms with Gasteiger partial charge < -0.3 is 15.5 Å². The van der Waals surface area contributed by atoms with Gasteiger partial charge in [-0.3, -0.25) is 4.79 Å². The number of hydrogen-bond acceptors (Lipinski definition) is 4. The quantitative estimate of drug-likeness (QED) is 0.780. The Bertz CT molecular complexity index is 391. The van der Waals surface area contributed by atoms with E-state index in [0.717, 1.165) is 13.0 Å². The SMILES string of the molecule is NCC1CCCC1COc1cc(=O)[nH]cn1. The molecule has 5 nitrogen and oxygen atoms in total. The average Bonchev–Trinajstić information content (AvgIpc) is 2.74. The molecule has 0 bridgehead atoms. The Balaban J connectivity index is 1.89.